The third-order valence-corrected chi connectivity index (χ3v) is 4.34. The highest BCUT2D eigenvalue weighted by molar-refractivity contribution is 7.20. The van der Waals surface area contributed by atoms with Crippen LogP contribution in [-0.4, -0.2) is 41.8 Å². The van der Waals surface area contributed by atoms with Crippen molar-refractivity contribution in [1.29, 1.82) is 0 Å². The van der Waals surface area contributed by atoms with Gasteiger partial charge < -0.3 is 22.5 Å². The summed E-state index contributed by atoms with van der Waals surface area (Å²) in [7, 11) is 0. The van der Waals surface area contributed by atoms with Crippen LogP contribution in [0.4, 0.5) is 0 Å². The maximum absolute atomic E-state index is 12.7. The van der Waals surface area contributed by atoms with Crippen LogP contribution in [0, 0.1) is 0 Å². The predicted molar refractivity (Wildman–Crippen MR) is 94.8 cm³/mol. The van der Waals surface area contributed by atoms with Crippen molar-refractivity contribution < 1.29 is 9.59 Å². The first-order valence-corrected chi connectivity index (χ1v) is 8.27. The number of amides is 1. The fourth-order valence-corrected chi connectivity index (χ4v) is 3.11. The number of benzene rings is 1. The van der Waals surface area contributed by atoms with Gasteiger partial charge in [-0.2, -0.15) is 0 Å². The van der Waals surface area contributed by atoms with Crippen LogP contribution in [0.15, 0.2) is 29.3 Å². The van der Waals surface area contributed by atoms with Crippen LogP contribution in [0.2, 0.25) is 0 Å². The number of ketones is 1. The number of hydrogen-bond acceptors (Lipinski definition) is 6. The SMILES string of the molecule is NCC(=O)NC(CCCN=C(N)N)C(=O)c1nc2ccccc2s1. The van der Waals surface area contributed by atoms with Gasteiger partial charge in [0, 0.05) is 6.54 Å². The third kappa shape index (κ3) is 4.74. The Bertz CT molecular complexity index is 720. The molecule has 0 bridgehead atoms. The van der Waals surface area contributed by atoms with Crippen LogP contribution in [0.25, 0.3) is 10.2 Å². The van der Waals surface area contributed by atoms with E-state index in [1.807, 2.05) is 24.3 Å². The lowest BCUT2D eigenvalue weighted by atomic mass is 10.1. The Hall–Kier alpha value is -2.52. The molecule has 2 rings (SSSR count). The number of aliphatic imine (C=N–C) groups is 1. The second-order valence-electron chi connectivity index (χ2n) is 5.12. The number of guanidine groups is 1. The Morgan fingerprint density at radius 1 is 1.29 bits per heavy atom. The highest BCUT2D eigenvalue weighted by Gasteiger charge is 2.24. The number of nitrogens with one attached hydrogen (secondary N) is 1. The number of para-hydroxylation sites is 1. The van der Waals surface area contributed by atoms with Crippen LogP contribution < -0.4 is 22.5 Å². The summed E-state index contributed by atoms with van der Waals surface area (Å²) in [6.07, 6.45) is 0.946. The van der Waals surface area contributed by atoms with E-state index < -0.39 is 11.9 Å². The average molecular weight is 348 g/mol. The monoisotopic (exact) mass is 348 g/mol. The molecular weight excluding hydrogens is 328 g/mol. The number of hydrogen-bond donors (Lipinski definition) is 4. The molecule has 9 heteroatoms. The lowest BCUT2D eigenvalue weighted by Gasteiger charge is -2.15. The summed E-state index contributed by atoms with van der Waals surface area (Å²) in [6, 6.07) is 6.79. The third-order valence-electron chi connectivity index (χ3n) is 3.29. The molecule has 24 heavy (non-hydrogen) atoms. The molecule has 0 aliphatic carbocycles. The highest BCUT2D eigenvalue weighted by atomic mass is 32.1. The summed E-state index contributed by atoms with van der Waals surface area (Å²) in [5.74, 6) is -0.631. The van der Waals surface area contributed by atoms with Gasteiger partial charge >= 0.3 is 0 Å². The van der Waals surface area contributed by atoms with Gasteiger partial charge in [-0.15, -0.1) is 11.3 Å². The molecule has 1 aromatic heterocycles. The summed E-state index contributed by atoms with van der Waals surface area (Å²) in [4.78, 5) is 32.5. The molecule has 0 spiro atoms. The summed E-state index contributed by atoms with van der Waals surface area (Å²) >= 11 is 1.30. The Kier molecular flexibility index (Phi) is 6.21. The number of carbonyl (C=O) groups is 2. The standard InChI is InChI=1S/C15H20N6O2S/c16-8-12(22)20-10(5-3-7-19-15(17)18)13(23)14-21-9-4-1-2-6-11(9)24-14/h1-2,4,6,10H,3,5,7-8,16H2,(H,20,22)(H4,17,18,19). The van der Waals surface area contributed by atoms with E-state index >= 15 is 0 Å². The second kappa shape index (κ2) is 8.37. The summed E-state index contributed by atoms with van der Waals surface area (Å²) in [5, 5.41) is 3.00. The van der Waals surface area contributed by atoms with E-state index in [9.17, 15) is 9.59 Å². The van der Waals surface area contributed by atoms with E-state index in [1.165, 1.54) is 11.3 Å². The zero-order chi connectivity index (χ0) is 17.5. The first-order valence-electron chi connectivity index (χ1n) is 7.46. The minimum Gasteiger partial charge on any atom is -0.370 e. The Balaban J connectivity index is 2.13. The summed E-state index contributed by atoms with van der Waals surface area (Å²) < 4.78 is 0.922. The van der Waals surface area contributed by atoms with Gasteiger partial charge in [-0.1, -0.05) is 12.1 Å². The fourth-order valence-electron chi connectivity index (χ4n) is 2.15. The molecule has 0 radical (unpaired) electrons. The van der Waals surface area contributed by atoms with Crippen molar-refractivity contribution in [3.8, 4) is 0 Å². The molecule has 0 saturated carbocycles. The average Bonchev–Trinajstić information content (AvgIpc) is 3.00. The summed E-state index contributed by atoms with van der Waals surface area (Å²) in [6.45, 7) is 0.196. The first kappa shape index (κ1) is 17.8. The van der Waals surface area contributed by atoms with Crippen molar-refractivity contribution >= 4 is 39.2 Å². The topological polar surface area (TPSA) is 149 Å². The van der Waals surface area contributed by atoms with Crippen LogP contribution in [0.3, 0.4) is 0 Å². The first-order chi connectivity index (χ1) is 11.5. The number of aromatic nitrogens is 1. The van der Waals surface area contributed by atoms with E-state index in [-0.39, 0.29) is 18.3 Å². The minimum atomic E-state index is -0.698. The van der Waals surface area contributed by atoms with Crippen molar-refractivity contribution in [3.63, 3.8) is 0 Å². The van der Waals surface area contributed by atoms with Crippen molar-refractivity contribution in [3.05, 3.63) is 29.3 Å². The van der Waals surface area contributed by atoms with Crippen molar-refractivity contribution in [2.24, 2.45) is 22.2 Å². The van der Waals surface area contributed by atoms with Gasteiger partial charge in [0.15, 0.2) is 11.0 Å². The van der Waals surface area contributed by atoms with E-state index in [0.29, 0.717) is 24.4 Å². The Morgan fingerprint density at radius 3 is 2.71 bits per heavy atom. The van der Waals surface area contributed by atoms with Gasteiger partial charge in [0.25, 0.3) is 0 Å². The van der Waals surface area contributed by atoms with Gasteiger partial charge in [-0.25, -0.2) is 4.98 Å². The molecule has 0 aliphatic rings. The molecule has 8 nitrogen and oxygen atoms in total. The molecule has 128 valence electrons. The van der Waals surface area contributed by atoms with E-state index in [2.05, 4.69) is 15.3 Å². The molecule has 1 atom stereocenters. The van der Waals surface area contributed by atoms with Crippen LogP contribution in [0.5, 0.6) is 0 Å². The van der Waals surface area contributed by atoms with Gasteiger partial charge in [-0.05, 0) is 25.0 Å². The number of rotatable bonds is 8. The van der Waals surface area contributed by atoms with E-state index in [4.69, 9.17) is 17.2 Å². The number of fused-ring (bicyclic) bond motifs is 1. The number of carbonyl (C=O) groups excluding carboxylic acids is 2. The van der Waals surface area contributed by atoms with Crippen LogP contribution in [0.1, 0.15) is 22.6 Å². The molecule has 1 aromatic carbocycles. The van der Waals surface area contributed by atoms with Crippen LogP contribution >= 0.6 is 11.3 Å². The second-order valence-corrected chi connectivity index (χ2v) is 6.15. The quantitative estimate of drug-likeness (QED) is 0.228. The zero-order valence-corrected chi connectivity index (χ0v) is 13.9. The number of nitrogens with two attached hydrogens (primary N) is 3. The van der Waals surface area contributed by atoms with E-state index in [1.54, 1.807) is 0 Å². The molecule has 2 aromatic rings. The largest absolute Gasteiger partial charge is 0.370 e. The molecular formula is C15H20N6O2S. The molecule has 0 aliphatic heterocycles. The molecule has 1 heterocycles. The Labute approximate surface area is 143 Å². The molecule has 0 fully saturated rings. The van der Waals surface area contributed by atoms with Gasteiger partial charge in [0.2, 0.25) is 11.7 Å². The zero-order valence-electron chi connectivity index (χ0n) is 13.1. The maximum atomic E-state index is 12.7. The number of nitrogens with zero attached hydrogens (tertiary/aromatic N) is 2. The molecule has 1 unspecified atom stereocenters. The lowest BCUT2D eigenvalue weighted by molar-refractivity contribution is -0.120. The van der Waals surface area contributed by atoms with Crippen molar-refractivity contribution in [2.45, 2.75) is 18.9 Å². The van der Waals surface area contributed by atoms with Crippen molar-refractivity contribution in [2.75, 3.05) is 13.1 Å². The predicted octanol–water partition coefficient (Wildman–Crippen LogP) is -0.0239. The highest BCUT2D eigenvalue weighted by Crippen LogP contribution is 2.23. The summed E-state index contributed by atoms with van der Waals surface area (Å²) in [5.41, 5.74) is 16.6. The molecule has 7 N–H and O–H groups in total. The fraction of sp³-hybridized carbons (Fsp3) is 0.333. The van der Waals surface area contributed by atoms with Gasteiger partial charge in [0.1, 0.15) is 0 Å². The normalized spacial score (nSPS) is 11.9. The Morgan fingerprint density at radius 2 is 2.04 bits per heavy atom. The molecule has 0 saturated heterocycles. The number of Topliss-reactive ketones (excluding diaryl/α,β-unsaturated/α-hetero) is 1. The smallest absolute Gasteiger partial charge is 0.234 e. The number of thiazole rings is 1. The van der Waals surface area contributed by atoms with Crippen LogP contribution in [-0.2, 0) is 4.79 Å². The van der Waals surface area contributed by atoms with Gasteiger partial charge in [0.05, 0.1) is 22.8 Å². The lowest BCUT2D eigenvalue weighted by Crippen LogP contribution is -2.43. The minimum absolute atomic E-state index is 0.00459. The van der Waals surface area contributed by atoms with Crippen molar-refractivity contribution in [1.82, 2.24) is 10.3 Å². The maximum Gasteiger partial charge on any atom is 0.234 e. The van der Waals surface area contributed by atoms with E-state index in [0.717, 1.165) is 10.2 Å². The molecule has 1 amide bonds. The van der Waals surface area contributed by atoms with Gasteiger partial charge in [-0.3, -0.25) is 14.6 Å².